The first-order valence-corrected chi connectivity index (χ1v) is 10.9. The Morgan fingerprint density at radius 2 is 1.48 bits per heavy atom. The van der Waals surface area contributed by atoms with Crippen LogP contribution in [-0.4, -0.2) is 24.7 Å². The number of carbonyl (C=O) groups is 2. The van der Waals surface area contributed by atoms with Gasteiger partial charge in [0.1, 0.15) is 19.3 Å². The van der Waals surface area contributed by atoms with Gasteiger partial charge in [-0.05, 0) is 34.2 Å². The molecule has 0 radical (unpaired) electrons. The van der Waals surface area contributed by atoms with Gasteiger partial charge in [-0.1, -0.05) is 78.9 Å². The van der Waals surface area contributed by atoms with Crippen LogP contribution in [0.15, 0.2) is 78.9 Å². The summed E-state index contributed by atoms with van der Waals surface area (Å²) >= 11 is 0. The highest BCUT2D eigenvalue weighted by Crippen LogP contribution is 2.44. The van der Waals surface area contributed by atoms with Crippen LogP contribution in [0.5, 0.6) is 0 Å². The molecule has 0 heterocycles. The zero-order chi connectivity index (χ0) is 23.0. The van der Waals surface area contributed by atoms with Crippen molar-refractivity contribution in [3.05, 3.63) is 95.6 Å². The smallest absolute Gasteiger partial charge is 0.408 e. The Hall–Kier alpha value is -4.11. The molecule has 0 saturated carbocycles. The Balaban J connectivity index is 1.26. The standard InChI is InChI=1S/C27H24N2O4/c28-16-20(14-15-26(30)32-17-19-8-2-1-3-9-19)29-27(31)33-18-25-23-12-6-4-10-21(23)22-11-5-7-13-24(22)25/h1-13,20,25H,14-15,17-18H2,(H,29,31)/t20-/m0/s1. The first kappa shape index (κ1) is 22.1. The van der Waals surface area contributed by atoms with Crippen LogP contribution in [0, 0.1) is 11.3 Å². The van der Waals surface area contributed by atoms with Crippen molar-refractivity contribution in [2.75, 3.05) is 6.61 Å². The molecule has 1 aliphatic rings. The molecule has 6 nitrogen and oxygen atoms in total. The highest BCUT2D eigenvalue weighted by Gasteiger charge is 2.29. The number of rotatable bonds is 8. The van der Waals surface area contributed by atoms with Crippen LogP contribution in [0.2, 0.25) is 0 Å². The second kappa shape index (κ2) is 10.5. The number of esters is 1. The lowest BCUT2D eigenvalue weighted by atomic mass is 9.98. The monoisotopic (exact) mass is 440 g/mol. The van der Waals surface area contributed by atoms with Crippen molar-refractivity contribution >= 4 is 12.1 Å². The molecule has 0 fully saturated rings. The Morgan fingerprint density at radius 3 is 2.12 bits per heavy atom. The van der Waals surface area contributed by atoms with Gasteiger partial charge in [-0.25, -0.2) is 4.79 Å². The quantitative estimate of drug-likeness (QED) is 0.501. The van der Waals surface area contributed by atoms with Gasteiger partial charge in [0.05, 0.1) is 6.07 Å². The zero-order valence-corrected chi connectivity index (χ0v) is 18.1. The van der Waals surface area contributed by atoms with Crippen LogP contribution >= 0.6 is 0 Å². The third-order valence-electron chi connectivity index (χ3n) is 5.67. The minimum Gasteiger partial charge on any atom is -0.461 e. The lowest BCUT2D eigenvalue weighted by Gasteiger charge is -2.16. The first-order valence-electron chi connectivity index (χ1n) is 10.9. The normalized spacial score (nSPS) is 12.7. The molecule has 166 valence electrons. The number of nitrogens with one attached hydrogen (secondary N) is 1. The third kappa shape index (κ3) is 5.39. The molecule has 3 aromatic rings. The van der Waals surface area contributed by atoms with Gasteiger partial charge in [-0.2, -0.15) is 5.26 Å². The molecular weight excluding hydrogens is 416 g/mol. The number of nitriles is 1. The van der Waals surface area contributed by atoms with Gasteiger partial charge >= 0.3 is 12.1 Å². The predicted octanol–water partition coefficient (Wildman–Crippen LogP) is 4.94. The summed E-state index contributed by atoms with van der Waals surface area (Å²) in [6.07, 6.45) is -0.510. The van der Waals surface area contributed by atoms with Crippen molar-refractivity contribution in [1.29, 1.82) is 5.26 Å². The lowest BCUT2D eigenvalue weighted by molar-refractivity contribution is -0.145. The van der Waals surface area contributed by atoms with Crippen LogP contribution in [0.3, 0.4) is 0 Å². The molecule has 1 amide bonds. The van der Waals surface area contributed by atoms with E-state index in [1.165, 1.54) is 0 Å². The second-order valence-electron chi connectivity index (χ2n) is 7.84. The van der Waals surface area contributed by atoms with Gasteiger partial charge in [0.25, 0.3) is 0 Å². The van der Waals surface area contributed by atoms with Gasteiger partial charge in [-0.15, -0.1) is 0 Å². The van der Waals surface area contributed by atoms with Gasteiger partial charge in [0.15, 0.2) is 0 Å². The molecule has 0 saturated heterocycles. The van der Waals surface area contributed by atoms with E-state index in [-0.39, 0.29) is 32.0 Å². The van der Waals surface area contributed by atoms with Crippen molar-refractivity contribution in [1.82, 2.24) is 5.32 Å². The number of hydrogen-bond donors (Lipinski definition) is 1. The zero-order valence-electron chi connectivity index (χ0n) is 18.1. The molecular formula is C27H24N2O4. The summed E-state index contributed by atoms with van der Waals surface area (Å²) in [5, 5.41) is 11.9. The van der Waals surface area contributed by atoms with E-state index in [1.54, 1.807) is 0 Å². The molecule has 0 unspecified atom stereocenters. The van der Waals surface area contributed by atoms with E-state index < -0.39 is 18.1 Å². The predicted molar refractivity (Wildman–Crippen MR) is 123 cm³/mol. The summed E-state index contributed by atoms with van der Waals surface area (Å²) in [6.45, 7) is 0.341. The van der Waals surface area contributed by atoms with Crippen LogP contribution in [0.1, 0.15) is 35.4 Å². The van der Waals surface area contributed by atoms with Crippen LogP contribution in [0.25, 0.3) is 11.1 Å². The van der Waals surface area contributed by atoms with E-state index in [0.717, 1.165) is 27.8 Å². The molecule has 1 aliphatic carbocycles. The molecule has 0 bridgehead atoms. The van der Waals surface area contributed by atoms with Gasteiger partial charge in [0, 0.05) is 12.3 Å². The minimum absolute atomic E-state index is 0.0225. The van der Waals surface area contributed by atoms with Crippen LogP contribution in [-0.2, 0) is 20.9 Å². The number of amides is 1. The SMILES string of the molecule is N#C[C@H](CCC(=O)OCc1ccccc1)NC(=O)OCC1c2ccccc2-c2ccccc21. The van der Waals surface area contributed by atoms with E-state index in [4.69, 9.17) is 9.47 Å². The number of ether oxygens (including phenoxy) is 2. The fourth-order valence-corrected chi connectivity index (χ4v) is 4.02. The minimum atomic E-state index is -0.843. The van der Waals surface area contributed by atoms with E-state index in [1.807, 2.05) is 72.8 Å². The fourth-order valence-electron chi connectivity index (χ4n) is 4.02. The molecule has 4 rings (SSSR count). The third-order valence-corrected chi connectivity index (χ3v) is 5.67. The Bertz CT molecular complexity index is 1120. The van der Waals surface area contributed by atoms with Crippen molar-refractivity contribution in [3.8, 4) is 17.2 Å². The summed E-state index contributed by atoms with van der Waals surface area (Å²) in [5.74, 6) is -0.481. The molecule has 6 heteroatoms. The maximum Gasteiger partial charge on any atom is 0.408 e. The van der Waals surface area contributed by atoms with Gasteiger partial charge in [0.2, 0.25) is 0 Å². The van der Waals surface area contributed by atoms with E-state index in [0.29, 0.717) is 0 Å². The van der Waals surface area contributed by atoms with E-state index in [2.05, 4.69) is 17.4 Å². The number of benzene rings is 3. The number of carbonyl (C=O) groups excluding carboxylic acids is 2. The highest BCUT2D eigenvalue weighted by molar-refractivity contribution is 5.79. The highest BCUT2D eigenvalue weighted by atomic mass is 16.5. The number of alkyl carbamates (subject to hydrolysis) is 1. The van der Waals surface area contributed by atoms with Crippen molar-refractivity contribution in [3.63, 3.8) is 0 Å². The molecule has 3 aromatic carbocycles. The van der Waals surface area contributed by atoms with E-state index >= 15 is 0 Å². The lowest BCUT2D eigenvalue weighted by Crippen LogP contribution is -2.35. The second-order valence-corrected chi connectivity index (χ2v) is 7.84. The van der Waals surface area contributed by atoms with Gasteiger partial charge in [-0.3, -0.25) is 4.79 Å². The molecule has 0 aliphatic heterocycles. The number of hydrogen-bond acceptors (Lipinski definition) is 5. The molecule has 0 aromatic heterocycles. The molecule has 0 spiro atoms. The first-order chi connectivity index (χ1) is 16.2. The van der Waals surface area contributed by atoms with Crippen LogP contribution in [0.4, 0.5) is 4.79 Å². The summed E-state index contributed by atoms with van der Waals surface area (Å²) < 4.78 is 10.7. The topological polar surface area (TPSA) is 88.4 Å². The summed E-state index contributed by atoms with van der Waals surface area (Å²) in [5.41, 5.74) is 5.41. The average Bonchev–Trinajstić information content (AvgIpc) is 3.18. The molecule has 1 N–H and O–H groups in total. The Morgan fingerprint density at radius 1 is 0.879 bits per heavy atom. The Labute approximate surface area is 192 Å². The molecule has 33 heavy (non-hydrogen) atoms. The summed E-state index contributed by atoms with van der Waals surface area (Å²) in [6, 6.07) is 26.7. The van der Waals surface area contributed by atoms with Gasteiger partial charge < -0.3 is 14.8 Å². The summed E-state index contributed by atoms with van der Waals surface area (Å²) in [7, 11) is 0. The van der Waals surface area contributed by atoms with E-state index in [9.17, 15) is 14.9 Å². The maximum absolute atomic E-state index is 12.3. The average molecular weight is 440 g/mol. The number of nitrogens with zero attached hydrogens (tertiary/aromatic N) is 1. The van der Waals surface area contributed by atoms with Crippen LogP contribution < -0.4 is 5.32 Å². The summed E-state index contributed by atoms with van der Waals surface area (Å²) in [4.78, 5) is 24.3. The maximum atomic E-state index is 12.3. The molecule has 1 atom stereocenters. The van der Waals surface area contributed by atoms with Crippen molar-refractivity contribution in [2.45, 2.75) is 31.4 Å². The largest absolute Gasteiger partial charge is 0.461 e. The number of fused-ring (bicyclic) bond motifs is 3. The fraction of sp³-hybridized carbons (Fsp3) is 0.222. The van der Waals surface area contributed by atoms with Crippen molar-refractivity contribution in [2.24, 2.45) is 0 Å². The Kier molecular flexibility index (Phi) is 7.01. The van der Waals surface area contributed by atoms with Crippen molar-refractivity contribution < 1.29 is 19.1 Å².